The lowest BCUT2D eigenvalue weighted by Gasteiger charge is -2.23. The van der Waals surface area contributed by atoms with Crippen molar-refractivity contribution >= 4 is 6.29 Å². The second-order valence-electron chi connectivity index (χ2n) is 3.21. The molecule has 0 radical (unpaired) electrons. The van der Waals surface area contributed by atoms with Gasteiger partial charge in [0.25, 0.3) is 0 Å². The Morgan fingerprint density at radius 2 is 2.36 bits per heavy atom. The quantitative estimate of drug-likeness (QED) is 0.439. The van der Waals surface area contributed by atoms with E-state index in [0.29, 0.717) is 5.92 Å². The molecule has 1 rings (SSSR count). The van der Waals surface area contributed by atoms with Gasteiger partial charge in [-0.1, -0.05) is 18.1 Å². The highest BCUT2D eigenvalue weighted by Gasteiger charge is 2.16. The van der Waals surface area contributed by atoms with Crippen LogP contribution >= 0.6 is 0 Å². The molecule has 0 N–H and O–H groups in total. The molecule has 1 aliphatic rings. The Hall–Kier alpha value is -0.590. The van der Waals surface area contributed by atoms with Crippen LogP contribution < -0.4 is 0 Å². The summed E-state index contributed by atoms with van der Waals surface area (Å²) < 4.78 is 0. The number of carbonyl (C=O) groups is 1. The zero-order valence-electron chi connectivity index (χ0n) is 7.18. The highest BCUT2D eigenvalue weighted by molar-refractivity contribution is 5.50. The predicted octanol–water partition coefficient (Wildman–Crippen LogP) is 2.71. The van der Waals surface area contributed by atoms with Gasteiger partial charge >= 0.3 is 0 Å². The molecular formula is C10H16O. The minimum Gasteiger partial charge on any atom is -0.303 e. The van der Waals surface area contributed by atoms with Crippen LogP contribution in [-0.4, -0.2) is 6.29 Å². The van der Waals surface area contributed by atoms with Crippen LogP contribution in [-0.2, 0) is 4.79 Å². The summed E-state index contributed by atoms with van der Waals surface area (Å²) in [5.41, 5.74) is 1.50. The summed E-state index contributed by atoms with van der Waals surface area (Å²) in [5, 5.41) is 0. The van der Waals surface area contributed by atoms with Gasteiger partial charge in [-0.3, -0.25) is 0 Å². The number of rotatable bonds is 2. The van der Waals surface area contributed by atoms with Crippen LogP contribution in [0.25, 0.3) is 0 Å². The molecule has 0 spiro atoms. The third kappa shape index (κ3) is 2.18. The van der Waals surface area contributed by atoms with Crippen molar-refractivity contribution in [2.45, 2.75) is 39.0 Å². The molecule has 0 aromatic carbocycles. The summed E-state index contributed by atoms with van der Waals surface area (Å²) in [4.78, 5) is 10.3. The molecule has 1 atom stereocenters. The van der Waals surface area contributed by atoms with E-state index in [4.69, 9.17) is 0 Å². The molecule has 0 aromatic heterocycles. The van der Waals surface area contributed by atoms with Crippen LogP contribution in [0, 0.1) is 5.92 Å². The molecule has 1 unspecified atom stereocenters. The lowest BCUT2D eigenvalue weighted by atomic mass is 9.82. The SMILES string of the molecule is C/C=C1/CCCCC1CC=O. The monoisotopic (exact) mass is 152 g/mol. The third-order valence-corrected chi connectivity index (χ3v) is 2.54. The van der Waals surface area contributed by atoms with Crippen molar-refractivity contribution in [3.63, 3.8) is 0 Å². The summed E-state index contributed by atoms with van der Waals surface area (Å²) in [5.74, 6) is 0.575. The van der Waals surface area contributed by atoms with E-state index >= 15 is 0 Å². The molecule has 1 nitrogen and oxygen atoms in total. The normalized spacial score (nSPS) is 28.8. The Kier molecular flexibility index (Phi) is 3.34. The van der Waals surface area contributed by atoms with Crippen LogP contribution in [0.15, 0.2) is 11.6 Å². The average molecular weight is 152 g/mol. The Labute approximate surface area is 68.5 Å². The molecule has 0 saturated heterocycles. The fraction of sp³-hybridized carbons (Fsp3) is 0.700. The molecule has 1 heteroatoms. The first kappa shape index (κ1) is 8.51. The second-order valence-corrected chi connectivity index (χ2v) is 3.21. The predicted molar refractivity (Wildman–Crippen MR) is 46.4 cm³/mol. The molecular weight excluding hydrogens is 136 g/mol. The summed E-state index contributed by atoms with van der Waals surface area (Å²) >= 11 is 0. The largest absolute Gasteiger partial charge is 0.303 e. The molecule has 0 amide bonds. The minimum atomic E-state index is 0.575. The number of carbonyl (C=O) groups excluding carboxylic acids is 1. The molecule has 11 heavy (non-hydrogen) atoms. The second kappa shape index (κ2) is 4.32. The van der Waals surface area contributed by atoms with Crippen LogP contribution in [0.2, 0.25) is 0 Å². The summed E-state index contributed by atoms with van der Waals surface area (Å²) in [6, 6.07) is 0. The molecule has 62 valence electrons. The maximum Gasteiger partial charge on any atom is 0.120 e. The van der Waals surface area contributed by atoms with E-state index in [1.54, 1.807) is 0 Å². The number of hydrogen-bond acceptors (Lipinski definition) is 1. The van der Waals surface area contributed by atoms with Gasteiger partial charge in [0, 0.05) is 6.42 Å². The molecule has 0 aliphatic heterocycles. The fourth-order valence-electron chi connectivity index (χ4n) is 1.87. The first-order chi connectivity index (χ1) is 5.38. The smallest absolute Gasteiger partial charge is 0.120 e. The molecule has 0 bridgehead atoms. The molecule has 0 aromatic rings. The van der Waals surface area contributed by atoms with E-state index in [9.17, 15) is 4.79 Å². The fourth-order valence-corrected chi connectivity index (χ4v) is 1.87. The molecule has 1 fully saturated rings. The zero-order chi connectivity index (χ0) is 8.10. The first-order valence-corrected chi connectivity index (χ1v) is 4.47. The average Bonchev–Trinajstić information content (AvgIpc) is 2.06. The summed E-state index contributed by atoms with van der Waals surface area (Å²) in [6.07, 6.45) is 9.03. The van der Waals surface area contributed by atoms with Gasteiger partial charge in [-0.2, -0.15) is 0 Å². The number of hydrogen-bond donors (Lipinski definition) is 0. The van der Waals surface area contributed by atoms with Gasteiger partial charge in [0.2, 0.25) is 0 Å². The van der Waals surface area contributed by atoms with Crippen LogP contribution in [0.4, 0.5) is 0 Å². The molecule has 1 aliphatic carbocycles. The van der Waals surface area contributed by atoms with Gasteiger partial charge in [-0.25, -0.2) is 0 Å². The van der Waals surface area contributed by atoms with Crippen molar-refractivity contribution in [1.29, 1.82) is 0 Å². The summed E-state index contributed by atoms with van der Waals surface area (Å²) in [7, 11) is 0. The Morgan fingerprint density at radius 3 is 3.00 bits per heavy atom. The van der Waals surface area contributed by atoms with Gasteiger partial charge in [0.15, 0.2) is 0 Å². The Morgan fingerprint density at radius 1 is 1.55 bits per heavy atom. The highest BCUT2D eigenvalue weighted by atomic mass is 16.1. The zero-order valence-corrected chi connectivity index (χ0v) is 7.18. The Bertz CT molecular complexity index is 158. The van der Waals surface area contributed by atoms with E-state index < -0.39 is 0 Å². The topological polar surface area (TPSA) is 17.1 Å². The van der Waals surface area contributed by atoms with Gasteiger partial charge in [-0.15, -0.1) is 0 Å². The van der Waals surface area contributed by atoms with E-state index in [1.807, 2.05) is 0 Å². The van der Waals surface area contributed by atoms with E-state index in [2.05, 4.69) is 13.0 Å². The van der Waals surface area contributed by atoms with Gasteiger partial charge in [-0.05, 0) is 32.1 Å². The molecule has 1 saturated carbocycles. The van der Waals surface area contributed by atoms with E-state index in [1.165, 1.54) is 31.3 Å². The first-order valence-electron chi connectivity index (χ1n) is 4.47. The van der Waals surface area contributed by atoms with E-state index in [-0.39, 0.29) is 0 Å². The van der Waals surface area contributed by atoms with Crippen LogP contribution in [0.5, 0.6) is 0 Å². The maximum absolute atomic E-state index is 10.3. The van der Waals surface area contributed by atoms with Gasteiger partial charge < -0.3 is 4.79 Å². The van der Waals surface area contributed by atoms with Crippen molar-refractivity contribution in [3.8, 4) is 0 Å². The standard InChI is InChI=1S/C10H16O/c1-2-9-5-3-4-6-10(9)7-8-11/h2,8,10H,3-7H2,1H3/b9-2-. The lowest BCUT2D eigenvalue weighted by Crippen LogP contribution is -2.10. The number of allylic oxidation sites excluding steroid dienone is 2. The van der Waals surface area contributed by atoms with Crippen molar-refractivity contribution in [3.05, 3.63) is 11.6 Å². The van der Waals surface area contributed by atoms with Crippen molar-refractivity contribution in [2.24, 2.45) is 5.92 Å². The van der Waals surface area contributed by atoms with Gasteiger partial charge in [0.1, 0.15) is 6.29 Å². The summed E-state index contributed by atoms with van der Waals surface area (Å²) in [6.45, 7) is 2.08. The maximum atomic E-state index is 10.3. The van der Waals surface area contributed by atoms with Crippen molar-refractivity contribution in [1.82, 2.24) is 0 Å². The lowest BCUT2D eigenvalue weighted by molar-refractivity contribution is -0.108. The Balaban J connectivity index is 2.51. The van der Waals surface area contributed by atoms with Crippen molar-refractivity contribution < 1.29 is 4.79 Å². The van der Waals surface area contributed by atoms with Crippen LogP contribution in [0.3, 0.4) is 0 Å². The number of aldehydes is 1. The minimum absolute atomic E-state index is 0.575. The third-order valence-electron chi connectivity index (χ3n) is 2.54. The van der Waals surface area contributed by atoms with Gasteiger partial charge in [0.05, 0.1) is 0 Å². The van der Waals surface area contributed by atoms with Crippen LogP contribution in [0.1, 0.15) is 39.0 Å². The highest BCUT2D eigenvalue weighted by Crippen LogP contribution is 2.30. The van der Waals surface area contributed by atoms with Crippen molar-refractivity contribution in [2.75, 3.05) is 0 Å². The van der Waals surface area contributed by atoms with E-state index in [0.717, 1.165) is 12.7 Å². The molecule has 0 heterocycles.